The lowest BCUT2D eigenvalue weighted by molar-refractivity contribution is -0.0584. The number of benzene rings is 2. The van der Waals surface area contributed by atoms with Crippen molar-refractivity contribution in [1.82, 2.24) is 14.6 Å². The Morgan fingerprint density at radius 1 is 1.00 bits per heavy atom. The zero-order valence-electron chi connectivity index (χ0n) is 14.0. The molecule has 2 amide bonds. The van der Waals surface area contributed by atoms with Crippen LogP contribution in [0.3, 0.4) is 0 Å². The summed E-state index contributed by atoms with van der Waals surface area (Å²) >= 11 is 0. The molecule has 2 aromatic carbocycles. The Morgan fingerprint density at radius 3 is 2.30 bits per heavy atom. The van der Waals surface area contributed by atoms with Crippen LogP contribution in [-0.4, -0.2) is 32.4 Å². The van der Waals surface area contributed by atoms with E-state index in [0.717, 1.165) is 12.8 Å². The average molecular weight is 363 g/mol. The van der Waals surface area contributed by atoms with Crippen LogP contribution in [0.15, 0.2) is 47.3 Å². The molecule has 0 bridgehead atoms. The number of fused-ring (bicyclic) bond motifs is 2. The first-order valence-corrected chi connectivity index (χ1v) is 8.49. The molecular formula is C19H13N3O5. The molecule has 1 aromatic heterocycles. The van der Waals surface area contributed by atoms with E-state index < -0.39 is 17.8 Å². The fourth-order valence-corrected chi connectivity index (χ4v) is 3.34. The lowest BCUT2D eigenvalue weighted by Gasteiger charge is -2.12. The normalized spacial score (nSPS) is 16.1. The Balaban J connectivity index is 1.44. The zero-order chi connectivity index (χ0) is 18.7. The third-order valence-electron chi connectivity index (χ3n) is 4.80. The highest BCUT2D eigenvalue weighted by atomic mass is 16.7. The van der Waals surface area contributed by atoms with Gasteiger partial charge in [0, 0.05) is 6.04 Å². The summed E-state index contributed by atoms with van der Waals surface area (Å²) < 4.78 is 1.68. The van der Waals surface area contributed by atoms with Crippen LogP contribution in [0.1, 0.15) is 50.0 Å². The Labute approximate surface area is 151 Å². The van der Waals surface area contributed by atoms with E-state index in [4.69, 9.17) is 4.84 Å². The van der Waals surface area contributed by atoms with Crippen molar-refractivity contribution in [3.63, 3.8) is 0 Å². The molecule has 3 aromatic rings. The van der Waals surface area contributed by atoms with Gasteiger partial charge in [-0.2, -0.15) is 0 Å². The number of hydrogen-bond donors (Lipinski definition) is 1. The monoisotopic (exact) mass is 363 g/mol. The van der Waals surface area contributed by atoms with Crippen LogP contribution in [0.5, 0.6) is 0 Å². The molecule has 1 N–H and O–H groups in total. The van der Waals surface area contributed by atoms with Gasteiger partial charge in [0.25, 0.3) is 11.8 Å². The van der Waals surface area contributed by atoms with Crippen molar-refractivity contribution in [3.05, 3.63) is 69.6 Å². The molecule has 0 unspecified atom stereocenters. The van der Waals surface area contributed by atoms with Gasteiger partial charge in [-0.05, 0) is 43.2 Å². The molecule has 27 heavy (non-hydrogen) atoms. The van der Waals surface area contributed by atoms with Crippen molar-refractivity contribution >= 4 is 28.8 Å². The molecule has 1 aliphatic carbocycles. The highest BCUT2D eigenvalue weighted by molar-refractivity contribution is 6.21. The molecule has 5 rings (SSSR count). The van der Waals surface area contributed by atoms with E-state index in [1.165, 1.54) is 24.3 Å². The summed E-state index contributed by atoms with van der Waals surface area (Å²) in [6.07, 6.45) is 1.91. The Morgan fingerprint density at radius 2 is 1.67 bits per heavy atom. The van der Waals surface area contributed by atoms with Gasteiger partial charge < -0.3 is 9.82 Å². The lowest BCUT2D eigenvalue weighted by Crippen LogP contribution is -2.32. The fourth-order valence-electron chi connectivity index (χ4n) is 3.34. The maximum absolute atomic E-state index is 12.5. The number of nitrogens with zero attached hydrogens (tertiary/aromatic N) is 2. The summed E-state index contributed by atoms with van der Waals surface area (Å²) in [5.41, 5.74) is 1.50. The lowest BCUT2D eigenvalue weighted by atomic mass is 10.1. The molecule has 0 saturated heterocycles. The summed E-state index contributed by atoms with van der Waals surface area (Å²) in [5.74, 6) is -2.22. The number of nitrogens with one attached hydrogen (secondary N) is 1. The van der Waals surface area contributed by atoms with Crippen LogP contribution in [0.4, 0.5) is 0 Å². The second-order valence-corrected chi connectivity index (χ2v) is 6.59. The van der Waals surface area contributed by atoms with E-state index in [2.05, 4.69) is 4.98 Å². The SMILES string of the molecule is O=C(ON1C(=O)c2ccccc2C1=O)c1ccc2c(c1)[nH]c(=O)n2C1CC1. The van der Waals surface area contributed by atoms with Gasteiger partial charge in [-0.15, -0.1) is 0 Å². The van der Waals surface area contributed by atoms with Crippen molar-refractivity contribution in [3.8, 4) is 0 Å². The second-order valence-electron chi connectivity index (χ2n) is 6.59. The average Bonchev–Trinajstić information content (AvgIpc) is 3.41. The summed E-state index contributed by atoms with van der Waals surface area (Å²) in [6.45, 7) is 0. The summed E-state index contributed by atoms with van der Waals surface area (Å²) in [5, 5.41) is 0.468. The maximum Gasteiger partial charge on any atom is 0.364 e. The minimum Gasteiger partial charge on any atom is -0.324 e. The third kappa shape index (κ3) is 2.30. The topological polar surface area (TPSA) is 101 Å². The minimum atomic E-state index is -0.855. The molecule has 134 valence electrons. The number of amides is 2. The number of hydrogen-bond acceptors (Lipinski definition) is 5. The predicted octanol–water partition coefficient (Wildman–Crippen LogP) is 2.03. The highest BCUT2D eigenvalue weighted by Gasteiger charge is 2.38. The van der Waals surface area contributed by atoms with Crippen LogP contribution >= 0.6 is 0 Å². The number of H-pyrrole nitrogens is 1. The van der Waals surface area contributed by atoms with E-state index in [1.54, 1.807) is 22.8 Å². The van der Waals surface area contributed by atoms with Crippen LogP contribution in [0.25, 0.3) is 11.0 Å². The van der Waals surface area contributed by atoms with Crippen LogP contribution < -0.4 is 5.69 Å². The van der Waals surface area contributed by atoms with Gasteiger partial charge in [0.1, 0.15) is 0 Å². The molecule has 2 heterocycles. The molecule has 0 spiro atoms. The third-order valence-corrected chi connectivity index (χ3v) is 4.80. The van der Waals surface area contributed by atoms with E-state index in [0.29, 0.717) is 16.1 Å². The molecular weight excluding hydrogens is 350 g/mol. The standard InChI is InChI=1S/C19H13N3O5/c23-16-12-3-1-2-4-13(12)17(24)22(16)27-18(25)10-5-8-15-14(9-10)20-19(26)21(15)11-6-7-11/h1-5,8-9,11H,6-7H2,(H,20,26). The largest absolute Gasteiger partial charge is 0.364 e. The van der Waals surface area contributed by atoms with E-state index in [-0.39, 0.29) is 28.4 Å². The Bertz CT molecular complexity index is 1170. The molecule has 8 heteroatoms. The Kier molecular flexibility index (Phi) is 3.12. The van der Waals surface area contributed by atoms with Crippen molar-refractivity contribution in [2.45, 2.75) is 18.9 Å². The first kappa shape index (κ1) is 15.6. The van der Waals surface area contributed by atoms with Crippen molar-refractivity contribution < 1.29 is 19.2 Å². The van der Waals surface area contributed by atoms with Gasteiger partial charge in [0.15, 0.2) is 0 Å². The molecule has 1 fully saturated rings. The fraction of sp³-hybridized carbons (Fsp3) is 0.158. The van der Waals surface area contributed by atoms with E-state index in [9.17, 15) is 19.2 Å². The zero-order valence-corrected chi connectivity index (χ0v) is 14.0. The van der Waals surface area contributed by atoms with E-state index in [1.807, 2.05) is 0 Å². The number of imide groups is 1. The number of carbonyl (C=O) groups is 3. The van der Waals surface area contributed by atoms with Gasteiger partial charge in [0.2, 0.25) is 0 Å². The quantitative estimate of drug-likeness (QED) is 0.718. The van der Waals surface area contributed by atoms with Gasteiger partial charge in [0.05, 0.1) is 27.7 Å². The second kappa shape index (κ2) is 5.41. The number of imidazole rings is 1. The van der Waals surface area contributed by atoms with Gasteiger partial charge in [-0.3, -0.25) is 14.2 Å². The summed E-state index contributed by atoms with van der Waals surface area (Å²) in [6, 6.07) is 11.1. The smallest absolute Gasteiger partial charge is 0.324 e. The molecule has 8 nitrogen and oxygen atoms in total. The summed E-state index contributed by atoms with van der Waals surface area (Å²) in [4.78, 5) is 56.9. The molecule has 0 atom stereocenters. The minimum absolute atomic E-state index is 0.128. The molecule has 2 aliphatic rings. The number of rotatable bonds is 3. The van der Waals surface area contributed by atoms with E-state index >= 15 is 0 Å². The van der Waals surface area contributed by atoms with Crippen molar-refractivity contribution in [1.29, 1.82) is 0 Å². The molecule has 1 saturated carbocycles. The molecule has 1 aliphatic heterocycles. The maximum atomic E-state index is 12.5. The number of carbonyl (C=O) groups excluding carboxylic acids is 3. The summed E-state index contributed by atoms with van der Waals surface area (Å²) in [7, 11) is 0. The van der Waals surface area contributed by atoms with Crippen molar-refractivity contribution in [2.75, 3.05) is 0 Å². The van der Waals surface area contributed by atoms with Gasteiger partial charge in [-0.1, -0.05) is 17.2 Å². The predicted molar refractivity (Wildman–Crippen MR) is 93.2 cm³/mol. The van der Waals surface area contributed by atoms with Crippen LogP contribution in [0, 0.1) is 0 Å². The van der Waals surface area contributed by atoms with Crippen molar-refractivity contribution in [2.24, 2.45) is 0 Å². The van der Waals surface area contributed by atoms with Gasteiger partial charge >= 0.3 is 11.7 Å². The van der Waals surface area contributed by atoms with Crippen LogP contribution in [-0.2, 0) is 4.84 Å². The van der Waals surface area contributed by atoms with Gasteiger partial charge in [-0.25, -0.2) is 9.59 Å². The number of hydroxylamine groups is 2. The highest BCUT2D eigenvalue weighted by Crippen LogP contribution is 2.35. The number of aromatic amines is 1. The number of aromatic nitrogens is 2. The first-order chi connectivity index (χ1) is 13.0. The first-order valence-electron chi connectivity index (χ1n) is 8.49. The Hall–Kier alpha value is -3.68. The molecule has 0 radical (unpaired) electrons. The van der Waals surface area contributed by atoms with Crippen LogP contribution in [0.2, 0.25) is 0 Å².